The van der Waals surface area contributed by atoms with Crippen molar-refractivity contribution in [3.8, 4) is 0 Å². The van der Waals surface area contributed by atoms with Crippen molar-refractivity contribution >= 4 is 30.7 Å². The van der Waals surface area contributed by atoms with Crippen molar-refractivity contribution in [3.05, 3.63) is 35.9 Å². The first-order chi connectivity index (χ1) is 11.2. The van der Waals surface area contributed by atoms with E-state index in [1.165, 1.54) is 18.4 Å². The second-order valence-electron chi connectivity index (χ2n) is 7.10. The number of nitrogens with two attached hydrogens (primary N) is 1. The number of hydrogen-bond acceptors (Lipinski definition) is 3. The van der Waals surface area contributed by atoms with E-state index >= 15 is 0 Å². The number of amides is 1. The minimum absolute atomic E-state index is 0. The van der Waals surface area contributed by atoms with Gasteiger partial charge in [-0.1, -0.05) is 36.8 Å². The fraction of sp³-hybridized carbons (Fsp3) is 0.632. The summed E-state index contributed by atoms with van der Waals surface area (Å²) in [7, 11) is 0. The van der Waals surface area contributed by atoms with Crippen LogP contribution in [-0.2, 0) is 4.79 Å². The normalized spacial score (nSPS) is 24.7. The summed E-state index contributed by atoms with van der Waals surface area (Å²) in [6, 6.07) is 10.6. The Kier molecular flexibility index (Phi) is 9.80. The lowest BCUT2D eigenvalue weighted by molar-refractivity contribution is -0.127. The molecule has 2 aliphatic rings. The van der Waals surface area contributed by atoms with Crippen LogP contribution in [0.15, 0.2) is 30.3 Å². The predicted octanol–water partition coefficient (Wildman–Crippen LogP) is 3.30. The molecule has 0 bridgehead atoms. The Bertz CT molecular complexity index is 509. The van der Waals surface area contributed by atoms with E-state index in [-0.39, 0.29) is 48.7 Å². The molecule has 6 heteroatoms. The monoisotopic (exact) mass is 387 g/mol. The number of halogens is 2. The molecular weight excluding hydrogens is 357 g/mol. The van der Waals surface area contributed by atoms with Gasteiger partial charge in [-0.2, -0.15) is 0 Å². The van der Waals surface area contributed by atoms with Gasteiger partial charge in [0.1, 0.15) is 0 Å². The smallest absolute Gasteiger partial charge is 0.223 e. The molecule has 2 fully saturated rings. The van der Waals surface area contributed by atoms with Crippen molar-refractivity contribution in [1.82, 2.24) is 10.2 Å². The molecule has 142 valence electrons. The Morgan fingerprint density at radius 1 is 1.12 bits per heavy atom. The van der Waals surface area contributed by atoms with E-state index in [1.54, 1.807) is 0 Å². The standard InChI is InChI=1S/C19H29N3O.2ClH/c20-17-10-6-9-16(13-17)19(23)21-18(14-22-11-4-5-12-22)15-7-2-1-3-8-15;;/h1-3,7-8,16-18H,4-6,9-14,20H2,(H,21,23);2*1H. The van der Waals surface area contributed by atoms with E-state index in [4.69, 9.17) is 5.73 Å². The fourth-order valence-electron chi connectivity index (χ4n) is 3.90. The first-order valence-corrected chi connectivity index (χ1v) is 9.05. The van der Waals surface area contributed by atoms with E-state index in [1.807, 2.05) is 6.07 Å². The van der Waals surface area contributed by atoms with E-state index in [9.17, 15) is 4.79 Å². The number of nitrogens with zero attached hydrogens (tertiary/aromatic N) is 1. The van der Waals surface area contributed by atoms with Gasteiger partial charge in [0.15, 0.2) is 0 Å². The van der Waals surface area contributed by atoms with Crippen molar-refractivity contribution in [1.29, 1.82) is 0 Å². The molecule has 25 heavy (non-hydrogen) atoms. The van der Waals surface area contributed by atoms with Gasteiger partial charge < -0.3 is 16.0 Å². The maximum Gasteiger partial charge on any atom is 0.223 e. The molecule has 0 spiro atoms. The molecule has 1 saturated heterocycles. The van der Waals surface area contributed by atoms with Crippen LogP contribution in [0, 0.1) is 5.92 Å². The van der Waals surface area contributed by atoms with Crippen molar-refractivity contribution in [2.24, 2.45) is 11.7 Å². The molecule has 1 saturated carbocycles. The summed E-state index contributed by atoms with van der Waals surface area (Å²) in [5, 5.41) is 3.31. The number of nitrogens with one attached hydrogen (secondary N) is 1. The van der Waals surface area contributed by atoms with Crippen LogP contribution in [0.5, 0.6) is 0 Å². The van der Waals surface area contributed by atoms with E-state index < -0.39 is 0 Å². The second-order valence-corrected chi connectivity index (χ2v) is 7.10. The highest BCUT2D eigenvalue weighted by atomic mass is 35.5. The Morgan fingerprint density at radius 2 is 1.80 bits per heavy atom. The van der Waals surface area contributed by atoms with Crippen LogP contribution >= 0.6 is 24.8 Å². The molecule has 1 aliphatic carbocycles. The average Bonchev–Trinajstić information content (AvgIpc) is 3.08. The molecule has 3 N–H and O–H groups in total. The predicted molar refractivity (Wildman–Crippen MR) is 107 cm³/mol. The Balaban J connectivity index is 0.00000156. The van der Waals surface area contributed by atoms with Crippen LogP contribution in [0.2, 0.25) is 0 Å². The highest BCUT2D eigenvalue weighted by Gasteiger charge is 2.28. The first-order valence-electron chi connectivity index (χ1n) is 9.05. The van der Waals surface area contributed by atoms with Crippen molar-refractivity contribution in [2.75, 3.05) is 19.6 Å². The van der Waals surface area contributed by atoms with Crippen LogP contribution in [0.1, 0.15) is 50.1 Å². The van der Waals surface area contributed by atoms with Gasteiger partial charge >= 0.3 is 0 Å². The molecule has 1 heterocycles. The molecule has 3 unspecified atom stereocenters. The van der Waals surface area contributed by atoms with Gasteiger partial charge in [0.05, 0.1) is 6.04 Å². The van der Waals surface area contributed by atoms with Crippen LogP contribution in [0.25, 0.3) is 0 Å². The maximum absolute atomic E-state index is 12.7. The lowest BCUT2D eigenvalue weighted by Crippen LogP contribution is -2.42. The number of carbonyl (C=O) groups is 1. The van der Waals surface area contributed by atoms with Crippen molar-refractivity contribution in [3.63, 3.8) is 0 Å². The minimum Gasteiger partial charge on any atom is -0.348 e. The Morgan fingerprint density at radius 3 is 2.44 bits per heavy atom. The van der Waals surface area contributed by atoms with Gasteiger partial charge in [-0.3, -0.25) is 4.79 Å². The van der Waals surface area contributed by atoms with E-state index in [0.29, 0.717) is 0 Å². The Labute approximate surface area is 163 Å². The molecule has 0 aromatic heterocycles. The molecule has 1 aromatic carbocycles. The summed E-state index contributed by atoms with van der Waals surface area (Å²) >= 11 is 0. The van der Waals surface area contributed by atoms with Crippen molar-refractivity contribution in [2.45, 2.75) is 50.6 Å². The molecule has 0 radical (unpaired) electrons. The third kappa shape index (κ3) is 6.45. The lowest BCUT2D eigenvalue weighted by atomic mass is 9.85. The number of rotatable bonds is 5. The number of carbonyl (C=O) groups excluding carboxylic acids is 1. The quantitative estimate of drug-likeness (QED) is 0.814. The van der Waals surface area contributed by atoms with Gasteiger partial charge in [0, 0.05) is 18.5 Å². The van der Waals surface area contributed by atoms with Crippen molar-refractivity contribution < 1.29 is 4.79 Å². The van der Waals surface area contributed by atoms with Gasteiger partial charge in [0.2, 0.25) is 5.91 Å². The average molecular weight is 388 g/mol. The van der Waals surface area contributed by atoms with Gasteiger partial charge in [-0.25, -0.2) is 0 Å². The Hall–Kier alpha value is -0.810. The van der Waals surface area contributed by atoms with E-state index in [0.717, 1.165) is 45.3 Å². The highest BCUT2D eigenvalue weighted by Crippen LogP contribution is 2.25. The lowest BCUT2D eigenvalue weighted by Gasteiger charge is -2.30. The number of likely N-dealkylation sites (tertiary alicyclic amines) is 1. The number of benzene rings is 1. The SMILES string of the molecule is Cl.Cl.NC1CCCC(C(=O)NC(CN2CCCC2)c2ccccc2)C1. The number of hydrogen-bond donors (Lipinski definition) is 2. The van der Waals surface area contributed by atoms with Crippen LogP contribution in [-0.4, -0.2) is 36.5 Å². The zero-order valence-electron chi connectivity index (χ0n) is 14.7. The van der Waals surface area contributed by atoms with Crippen LogP contribution < -0.4 is 11.1 Å². The maximum atomic E-state index is 12.7. The van der Waals surface area contributed by atoms with Gasteiger partial charge in [-0.05, 0) is 50.8 Å². The zero-order chi connectivity index (χ0) is 16.1. The first kappa shape index (κ1) is 22.2. The fourth-order valence-corrected chi connectivity index (χ4v) is 3.90. The molecular formula is C19H31Cl2N3O. The summed E-state index contributed by atoms with van der Waals surface area (Å²) < 4.78 is 0. The summed E-state index contributed by atoms with van der Waals surface area (Å²) in [5.74, 6) is 0.275. The summed E-state index contributed by atoms with van der Waals surface area (Å²) in [5.41, 5.74) is 7.25. The summed E-state index contributed by atoms with van der Waals surface area (Å²) in [6.07, 6.45) is 6.47. The largest absolute Gasteiger partial charge is 0.348 e. The van der Waals surface area contributed by atoms with Gasteiger partial charge in [-0.15, -0.1) is 24.8 Å². The van der Waals surface area contributed by atoms with Crippen LogP contribution in [0.4, 0.5) is 0 Å². The molecule has 4 nitrogen and oxygen atoms in total. The molecule has 1 aliphatic heterocycles. The molecule has 3 atom stereocenters. The summed E-state index contributed by atoms with van der Waals surface area (Å²) in [6.45, 7) is 3.20. The molecule has 3 rings (SSSR count). The molecule has 1 aromatic rings. The summed E-state index contributed by atoms with van der Waals surface area (Å²) in [4.78, 5) is 15.2. The second kappa shape index (κ2) is 11.0. The topological polar surface area (TPSA) is 58.4 Å². The van der Waals surface area contributed by atoms with Crippen LogP contribution in [0.3, 0.4) is 0 Å². The van der Waals surface area contributed by atoms with Gasteiger partial charge in [0.25, 0.3) is 0 Å². The zero-order valence-corrected chi connectivity index (χ0v) is 16.4. The van der Waals surface area contributed by atoms with E-state index in [2.05, 4.69) is 34.5 Å². The highest BCUT2D eigenvalue weighted by molar-refractivity contribution is 5.85. The third-order valence-corrected chi connectivity index (χ3v) is 5.24. The minimum atomic E-state index is 0. The molecule has 1 amide bonds. The third-order valence-electron chi connectivity index (χ3n) is 5.24.